The summed E-state index contributed by atoms with van der Waals surface area (Å²) in [7, 11) is -1.41. The lowest BCUT2D eigenvalue weighted by molar-refractivity contribution is 0.916. The zero-order valence-electron chi connectivity index (χ0n) is 8.05. The van der Waals surface area contributed by atoms with Gasteiger partial charge in [0.15, 0.2) is 0 Å². The van der Waals surface area contributed by atoms with Crippen molar-refractivity contribution in [3.63, 3.8) is 0 Å². The molecule has 1 aromatic carbocycles. The van der Waals surface area contributed by atoms with Crippen LogP contribution in [0.5, 0.6) is 0 Å². The van der Waals surface area contributed by atoms with E-state index in [0.717, 1.165) is 18.9 Å². The zero-order valence-corrected chi connectivity index (χ0v) is 10.7. The summed E-state index contributed by atoms with van der Waals surface area (Å²) in [5.74, 6) is 0. The molecule has 0 atom stereocenters. The van der Waals surface area contributed by atoms with Gasteiger partial charge in [-0.2, -0.15) is 22.2 Å². The second kappa shape index (κ2) is 6.28. The molecule has 1 aromatic rings. The van der Waals surface area contributed by atoms with Crippen molar-refractivity contribution < 1.29 is 0 Å². The van der Waals surface area contributed by atoms with E-state index in [1.165, 1.54) is 11.1 Å². The smallest absolute Gasteiger partial charge is 0.150 e. The van der Waals surface area contributed by atoms with Crippen LogP contribution in [0.15, 0.2) is 30.8 Å². The predicted octanol–water partition coefficient (Wildman–Crippen LogP) is 3.96. The zero-order chi connectivity index (χ0) is 10.4. The van der Waals surface area contributed by atoms with Gasteiger partial charge in [-0.15, -0.1) is 0 Å². The number of benzene rings is 1. The number of hydrogen-bond acceptors (Lipinski definition) is 0. The van der Waals surface area contributed by atoms with Gasteiger partial charge in [0.1, 0.15) is 0 Å². The Kier molecular flexibility index (Phi) is 5.31. The van der Waals surface area contributed by atoms with E-state index in [2.05, 4.69) is 30.8 Å². The van der Waals surface area contributed by atoms with Crippen molar-refractivity contribution in [3.8, 4) is 0 Å². The Morgan fingerprint density at radius 2 is 2.14 bits per heavy atom. The van der Waals surface area contributed by atoms with Gasteiger partial charge < -0.3 is 0 Å². The molecule has 3 heteroatoms. The SMILES string of the molecule is C=Cc1cccc(CCC[SiH](Cl)Cl)c1. The first-order chi connectivity index (χ1) is 6.72. The van der Waals surface area contributed by atoms with Crippen molar-refractivity contribution in [1.29, 1.82) is 0 Å². The molecule has 0 bridgehead atoms. The van der Waals surface area contributed by atoms with Gasteiger partial charge >= 0.3 is 0 Å². The maximum atomic E-state index is 5.79. The summed E-state index contributed by atoms with van der Waals surface area (Å²) in [6.45, 7) is 3.75. The molecule has 76 valence electrons. The minimum atomic E-state index is -1.41. The third kappa shape index (κ3) is 4.31. The van der Waals surface area contributed by atoms with Gasteiger partial charge in [-0.25, -0.2) is 0 Å². The minimum Gasteiger partial charge on any atom is -0.150 e. The molecule has 1 rings (SSSR count). The Bertz CT molecular complexity index is 297. The first-order valence-corrected chi connectivity index (χ1v) is 9.02. The van der Waals surface area contributed by atoms with Crippen LogP contribution in [0.3, 0.4) is 0 Å². The fourth-order valence-electron chi connectivity index (χ4n) is 1.34. The second-order valence-corrected chi connectivity index (χ2v) is 8.42. The first-order valence-electron chi connectivity index (χ1n) is 4.72. The van der Waals surface area contributed by atoms with E-state index in [1.807, 2.05) is 6.08 Å². The number of rotatable bonds is 5. The standard InChI is InChI=1S/C11H14Cl2Si/c1-2-10-5-3-6-11(9-10)7-4-8-14(12)13/h2-3,5-6,9,14H,1,4,7-8H2. The third-order valence-electron chi connectivity index (χ3n) is 2.07. The molecule has 0 spiro atoms. The summed E-state index contributed by atoms with van der Waals surface area (Å²) in [6, 6.07) is 9.39. The maximum absolute atomic E-state index is 5.79. The van der Waals surface area contributed by atoms with Gasteiger partial charge in [-0.3, -0.25) is 0 Å². The maximum Gasteiger partial charge on any atom is 0.237 e. The lowest BCUT2D eigenvalue weighted by Crippen LogP contribution is -1.94. The van der Waals surface area contributed by atoms with Crippen molar-refractivity contribution in [2.24, 2.45) is 0 Å². The van der Waals surface area contributed by atoms with Crippen molar-refractivity contribution >= 4 is 35.7 Å². The van der Waals surface area contributed by atoms with E-state index in [-0.39, 0.29) is 0 Å². The Hall–Kier alpha value is -0.243. The van der Waals surface area contributed by atoms with Crippen LogP contribution in [0.4, 0.5) is 0 Å². The highest BCUT2D eigenvalue weighted by Gasteiger charge is 2.01. The largest absolute Gasteiger partial charge is 0.237 e. The molecule has 0 heterocycles. The minimum absolute atomic E-state index is 0.988. The molecule has 0 aliphatic heterocycles. The average Bonchev–Trinajstić information content (AvgIpc) is 2.18. The molecule has 0 amide bonds. The van der Waals surface area contributed by atoms with Gasteiger partial charge in [0.2, 0.25) is 7.42 Å². The number of halogens is 2. The fraction of sp³-hybridized carbons (Fsp3) is 0.273. The summed E-state index contributed by atoms with van der Waals surface area (Å²) >= 11 is 11.6. The van der Waals surface area contributed by atoms with E-state index in [9.17, 15) is 0 Å². The van der Waals surface area contributed by atoms with Crippen molar-refractivity contribution in [2.45, 2.75) is 18.9 Å². The van der Waals surface area contributed by atoms with Gasteiger partial charge in [0.05, 0.1) is 0 Å². The second-order valence-electron chi connectivity index (χ2n) is 3.23. The first kappa shape index (κ1) is 11.8. The summed E-state index contributed by atoms with van der Waals surface area (Å²) in [5, 5.41) is 0. The van der Waals surface area contributed by atoms with Crippen LogP contribution in [0, 0.1) is 0 Å². The molecule has 14 heavy (non-hydrogen) atoms. The molecule has 0 unspecified atom stereocenters. The Morgan fingerprint density at radius 1 is 1.36 bits per heavy atom. The van der Waals surface area contributed by atoms with Crippen LogP contribution in [0.2, 0.25) is 6.04 Å². The van der Waals surface area contributed by atoms with E-state index in [1.54, 1.807) is 0 Å². The fourth-order valence-corrected chi connectivity index (χ4v) is 2.77. The Morgan fingerprint density at radius 3 is 2.79 bits per heavy atom. The summed E-state index contributed by atoms with van der Waals surface area (Å²) in [4.78, 5) is 0. The van der Waals surface area contributed by atoms with Crippen LogP contribution < -0.4 is 0 Å². The average molecular weight is 245 g/mol. The van der Waals surface area contributed by atoms with Crippen LogP contribution in [-0.4, -0.2) is 7.42 Å². The van der Waals surface area contributed by atoms with E-state index in [0.29, 0.717) is 0 Å². The molecule has 0 N–H and O–H groups in total. The molecule has 0 fully saturated rings. The van der Waals surface area contributed by atoms with E-state index >= 15 is 0 Å². The molecule has 0 nitrogen and oxygen atoms in total. The molecule has 0 aliphatic carbocycles. The molecule has 0 aromatic heterocycles. The van der Waals surface area contributed by atoms with Crippen molar-refractivity contribution in [3.05, 3.63) is 42.0 Å². The molecule has 0 saturated carbocycles. The predicted molar refractivity (Wildman–Crippen MR) is 68.5 cm³/mol. The number of aryl methyl sites for hydroxylation is 1. The third-order valence-corrected chi connectivity index (χ3v) is 4.23. The highest BCUT2D eigenvalue weighted by molar-refractivity contribution is 7.33. The van der Waals surface area contributed by atoms with Gasteiger partial charge in [0.25, 0.3) is 0 Å². The summed E-state index contributed by atoms with van der Waals surface area (Å²) in [5.41, 5.74) is 2.51. The molecule has 0 aliphatic rings. The Balaban J connectivity index is 2.46. The lowest BCUT2D eigenvalue weighted by atomic mass is 10.1. The van der Waals surface area contributed by atoms with Crippen molar-refractivity contribution in [2.75, 3.05) is 0 Å². The molecule has 0 radical (unpaired) electrons. The van der Waals surface area contributed by atoms with Gasteiger partial charge in [-0.1, -0.05) is 36.9 Å². The van der Waals surface area contributed by atoms with Gasteiger partial charge in [-0.05, 0) is 30.0 Å². The molecular formula is C11H14Cl2Si. The lowest BCUT2D eigenvalue weighted by Gasteiger charge is -2.02. The molecule has 0 saturated heterocycles. The topological polar surface area (TPSA) is 0 Å². The summed E-state index contributed by atoms with van der Waals surface area (Å²) < 4.78 is 0. The highest BCUT2D eigenvalue weighted by Crippen LogP contribution is 2.13. The normalized spacial score (nSPS) is 10.5. The Labute approximate surface area is 96.6 Å². The number of hydrogen-bond donors (Lipinski definition) is 0. The van der Waals surface area contributed by atoms with Crippen LogP contribution in [0.25, 0.3) is 6.08 Å². The van der Waals surface area contributed by atoms with Gasteiger partial charge in [0, 0.05) is 0 Å². The monoisotopic (exact) mass is 244 g/mol. The van der Waals surface area contributed by atoms with Crippen LogP contribution in [-0.2, 0) is 6.42 Å². The van der Waals surface area contributed by atoms with E-state index in [4.69, 9.17) is 22.2 Å². The van der Waals surface area contributed by atoms with E-state index < -0.39 is 7.42 Å². The highest BCUT2D eigenvalue weighted by atomic mass is 35.7. The summed E-state index contributed by atoms with van der Waals surface area (Å²) in [6.07, 6.45) is 4.01. The quantitative estimate of drug-likeness (QED) is 0.544. The van der Waals surface area contributed by atoms with Crippen LogP contribution >= 0.6 is 22.2 Å². The molecular weight excluding hydrogens is 231 g/mol. The van der Waals surface area contributed by atoms with Crippen molar-refractivity contribution in [1.82, 2.24) is 0 Å². The van der Waals surface area contributed by atoms with Crippen LogP contribution in [0.1, 0.15) is 17.5 Å².